The lowest BCUT2D eigenvalue weighted by molar-refractivity contribution is 0.0979. The minimum Gasteiger partial charge on any atom is -0.398 e. The van der Waals surface area contributed by atoms with Crippen molar-refractivity contribution in [2.45, 2.75) is 0 Å². The van der Waals surface area contributed by atoms with Gasteiger partial charge in [-0.1, -0.05) is 66.7 Å². The molecule has 0 saturated heterocycles. The van der Waals surface area contributed by atoms with Crippen LogP contribution >= 0.6 is 0 Å². The number of anilines is 2. The fourth-order valence-corrected chi connectivity index (χ4v) is 3.99. The Kier molecular flexibility index (Phi) is 4.64. The lowest BCUT2D eigenvalue weighted by atomic mass is 9.82. The van der Waals surface area contributed by atoms with Crippen LogP contribution in [0.5, 0.6) is 0 Å². The van der Waals surface area contributed by atoms with Crippen LogP contribution in [-0.2, 0) is 0 Å². The van der Waals surface area contributed by atoms with Crippen molar-refractivity contribution < 1.29 is 14.4 Å². The maximum atomic E-state index is 13.2. The maximum absolute atomic E-state index is 13.2. The van der Waals surface area contributed by atoms with Crippen LogP contribution in [0.4, 0.5) is 11.4 Å². The van der Waals surface area contributed by atoms with Crippen LogP contribution in [0, 0.1) is 0 Å². The number of carbonyl (C=O) groups excluding carboxylic acids is 3. The van der Waals surface area contributed by atoms with E-state index in [1.54, 1.807) is 42.5 Å². The quantitative estimate of drug-likeness (QED) is 0.405. The summed E-state index contributed by atoms with van der Waals surface area (Å²) in [7, 11) is 0. The number of carbonyl (C=O) groups is 3. The number of hydrogen-bond acceptors (Lipinski definition) is 4. The monoisotopic (exact) mass is 418 g/mol. The van der Waals surface area contributed by atoms with E-state index in [1.807, 2.05) is 42.5 Å². The van der Waals surface area contributed by atoms with Crippen molar-refractivity contribution in [1.29, 1.82) is 0 Å². The predicted molar refractivity (Wildman–Crippen MR) is 124 cm³/mol. The van der Waals surface area contributed by atoms with Crippen LogP contribution in [0.3, 0.4) is 0 Å². The zero-order chi connectivity index (χ0) is 22.2. The minimum absolute atomic E-state index is 0.128. The van der Waals surface area contributed by atoms with Crippen LogP contribution in [-0.4, -0.2) is 17.5 Å². The summed E-state index contributed by atoms with van der Waals surface area (Å²) in [6.07, 6.45) is 0. The van der Waals surface area contributed by atoms with Crippen LogP contribution in [0.15, 0.2) is 91.0 Å². The third-order valence-electron chi connectivity index (χ3n) is 5.61. The highest BCUT2D eigenvalue weighted by Gasteiger charge is 2.33. The van der Waals surface area contributed by atoms with Crippen LogP contribution < -0.4 is 11.1 Å². The molecular weight excluding hydrogens is 400 g/mol. The van der Waals surface area contributed by atoms with Gasteiger partial charge in [-0.2, -0.15) is 0 Å². The number of rotatable bonds is 3. The van der Waals surface area contributed by atoms with Gasteiger partial charge in [0.2, 0.25) is 0 Å². The molecule has 4 aromatic rings. The Morgan fingerprint density at radius 2 is 1.19 bits per heavy atom. The summed E-state index contributed by atoms with van der Waals surface area (Å²) in [4.78, 5) is 39.1. The number of ketones is 2. The molecule has 0 radical (unpaired) electrons. The number of fused-ring (bicyclic) bond motifs is 2. The molecule has 154 valence electrons. The molecule has 4 aromatic carbocycles. The molecule has 0 heterocycles. The number of nitrogens with one attached hydrogen (secondary N) is 1. The Bertz CT molecular complexity index is 1390. The van der Waals surface area contributed by atoms with Crippen molar-refractivity contribution in [1.82, 2.24) is 0 Å². The summed E-state index contributed by atoms with van der Waals surface area (Å²) in [5, 5.41) is 2.79. The van der Waals surface area contributed by atoms with Crippen molar-refractivity contribution in [3.05, 3.63) is 119 Å². The molecular formula is C27H18N2O3. The summed E-state index contributed by atoms with van der Waals surface area (Å²) >= 11 is 0. The molecule has 5 nitrogen and oxygen atoms in total. The Labute approximate surface area is 184 Å². The molecule has 0 bridgehead atoms. The third-order valence-corrected chi connectivity index (χ3v) is 5.61. The maximum Gasteiger partial charge on any atom is 0.255 e. The van der Waals surface area contributed by atoms with Gasteiger partial charge in [-0.3, -0.25) is 14.4 Å². The van der Waals surface area contributed by atoms with Gasteiger partial charge in [0.05, 0.1) is 16.8 Å². The molecule has 3 N–H and O–H groups in total. The second-order valence-electron chi connectivity index (χ2n) is 7.55. The van der Waals surface area contributed by atoms with Gasteiger partial charge in [0.25, 0.3) is 5.91 Å². The molecule has 0 aromatic heterocycles. The first kappa shape index (κ1) is 19.5. The molecule has 1 amide bonds. The largest absolute Gasteiger partial charge is 0.398 e. The number of benzene rings is 4. The van der Waals surface area contributed by atoms with Crippen LogP contribution in [0.2, 0.25) is 0 Å². The Morgan fingerprint density at radius 3 is 1.84 bits per heavy atom. The van der Waals surface area contributed by atoms with E-state index in [2.05, 4.69) is 5.32 Å². The molecule has 1 aliphatic rings. The van der Waals surface area contributed by atoms with Gasteiger partial charge < -0.3 is 11.1 Å². The SMILES string of the molecule is Nc1ccc(NC(=O)c2ccc(-c3ccccc3)cc2)c2c1C(=O)c1ccccc1C2=O. The molecule has 0 unspecified atom stereocenters. The normalized spacial score (nSPS) is 12.1. The van der Waals surface area contributed by atoms with Gasteiger partial charge >= 0.3 is 0 Å². The molecule has 5 heteroatoms. The molecule has 32 heavy (non-hydrogen) atoms. The second-order valence-corrected chi connectivity index (χ2v) is 7.55. The zero-order valence-electron chi connectivity index (χ0n) is 17.0. The first-order valence-corrected chi connectivity index (χ1v) is 10.1. The van der Waals surface area contributed by atoms with Crippen LogP contribution in [0.25, 0.3) is 11.1 Å². The van der Waals surface area contributed by atoms with Crippen molar-refractivity contribution in [2.75, 3.05) is 11.1 Å². The first-order valence-electron chi connectivity index (χ1n) is 10.1. The summed E-state index contributed by atoms with van der Waals surface area (Å²) < 4.78 is 0. The lowest BCUT2D eigenvalue weighted by Gasteiger charge is -2.21. The molecule has 1 aliphatic carbocycles. The highest BCUT2D eigenvalue weighted by atomic mass is 16.2. The molecule has 5 rings (SSSR count). The van der Waals surface area contributed by atoms with E-state index in [9.17, 15) is 14.4 Å². The topological polar surface area (TPSA) is 89.3 Å². The van der Waals surface area contributed by atoms with E-state index in [-0.39, 0.29) is 40.0 Å². The standard InChI is InChI=1S/C27H18N2O3/c28-21-14-15-22(24-23(21)25(30)19-8-4-5-9-20(19)26(24)31)29-27(32)18-12-10-17(11-13-18)16-6-2-1-3-7-16/h1-15H,28H2,(H,29,32). The smallest absolute Gasteiger partial charge is 0.255 e. The highest BCUT2D eigenvalue weighted by molar-refractivity contribution is 6.32. The fourth-order valence-electron chi connectivity index (χ4n) is 3.99. The molecule has 0 aliphatic heterocycles. The van der Waals surface area contributed by atoms with Crippen molar-refractivity contribution in [2.24, 2.45) is 0 Å². The van der Waals surface area contributed by atoms with Crippen molar-refractivity contribution in [3.63, 3.8) is 0 Å². The number of hydrogen-bond donors (Lipinski definition) is 2. The number of nitrogen functional groups attached to an aromatic ring is 1. The van der Waals surface area contributed by atoms with Gasteiger partial charge in [-0.15, -0.1) is 0 Å². The van der Waals surface area contributed by atoms with E-state index in [4.69, 9.17) is 5.73 Å². The first-order chi connectivity index (χ1) is 15.5. The van der Waals surface area contributed by atoms with E-state index in [0.29, 0.717) is 16.7 Å². The van der Waals surface area contributed by atoms with E-state index >= 15 is 0 Å². The van der Waals surface area contributed by atoms with Crippen LogP contribution in [0.1, 0.15) is 42.2 Å². The minimum atomic E-state index is -0.379. The van der Waals surface area contributed by atoms with Crippen molar-refractivity contribution in [3.8, 4) is 11.1 Å². The van der Waals surface area contributed by atoms with Gasteiger partial charge in [-0.05, 0) is 35.4 Å². The predicted octanol–water partition coefficient (Wildman–Crippen LogP) is 4.96. The Hall–Kier alpha value is -4.51. The fraction of sp³-hybridized carbons (Fsp3) is 0. The third kappa shape index (κ3) is 3.17. The Balaban J connectivity index is 1.49. The number of amides is 1. The lowest BCUT2D eigenvalue weighted by Crippen LogP contribution is -2.25. The average Bonchev–Trinajstić information content (AvgIpc) is 2.84. The highest BCUT2D eigenvalue weighted by Crippen LogP contribution is 2.35. The number of nitrogens with two attached hydrogens (primary N) is 1. The Morgan fingerprint density at radius 1 is 0.625 bits per heavy atom. The average molecular weight is 418 g/mol. The zero-order valence-corrected chi connectivity index (χ0v) is 17.0. The summed E-state index contributed by atoms with van der Waals surface area (Å²) in [5.74, 6) is -1.04. The molecule has 0 atom stereocenters. The van der Waals surface area contributed by atoms with E-state index in [0.717, 1.165) is 11.1 Å². The van der Waals surface area contributed by atoms with Crippen molar-refractivity contribution >= 4 is 28.8 Å². The molecule has 0 fully saturated rings. The molecule has 0 saturated carbocycles. The van der Waals surface area contributed by atoms with Gasteiger partial charge in [0.15, 0.2) is 11.6 Å². The summed E-state index contributed by atoms with van der Waals surface area (Å²) in [6.45, 7) is 0. The van der Waals surface area contributed by atoms with E-state index < -0.39 is 0 Å². The van der Waals surface area contributed by atoms with Gasteiger partial charge in [0, 0.05) is 22.4 Å². The summed E-state index contributed by atoms with van der Waals surface area (Å²) in [6, 6.07) is 26.8. The van der Waals surface area contributed by atoms with Gasteiger partial charge in [-0.25, -0.2) is 0 Å². The van der Waals surface area contributed by atoms with Gasteiger partial charge in [0.1, 0.15) is 0 Å². The van der Waals surface area contributed by atoms with E-state index in [1.165, 1.54) is 6.07 Å². The second kappa shape index (κ2) is 7.63. The summed E-state index contributed by atoms with van der Waals surface area (Å²) in [5.41, 5.74) is 9.87. The molecule has 0 spiro atoms.